The van der Waals surface area contributed by atoms with Gasteiger partial charge in [-0.1, -0.05) is 100 Å². The van der Waals surface area contributed by atoms with E-state index in [0.717, 1.165) is 0 Å². The van der Waals surface area contributed by atoms with Gasteiger partial charge in [0.15, 0.2) is 0 Å². The summed E-state index contributed by atoms with van der Waals surface area (Å²) in [7, 11) is 0. The van der Waals surface area contributed by atoms with Gasteiger partial charge in [-0.3, -0.25) is 0 Å². The second kappa shape index (κ2) is 6.07. The lowest BCUT2D eigenvalue weighted by Gasteiger charge is -2.09. The Morgan fingerprint density at radius 3 is 1.30 bits per heavy atom. The van der Waals surface area contributed by atoms with Gasteiger partial charge >= 0.3 is 0 Å². The van der Waals surface area contributed by atoms with Gasteiger partial charge in [-0.15, -0.1) is 0 Å². The molecule has 0 N–H and O–H groups in total. The lowest BCUT2D eigenvalue weighted by atomic mass is 9.99. The van der Waals surface area contributed by atoms with Gasteiger partial charge < -0.3 is 0 Å². The van der Waals surface area contributed by atoms with Gasteiger partial charge in [0.2, 0.25) is 0 Å². The lowest BCUT2D eigenvalue weighted by molar-refractivity contribution is 1.44. The maximum atomic E-state index is 3.55. The van der Waals surface area contributed by atoms with Crippen molar-refractivity contribution in [3.8, 4) is 0 Å². The molecular weight excluding hydrogens is 512 g/mol. The Labute approximate surface area is 151 Å². The van der Waals surface area contributed by atoms with Crippen molar-refractivity contribution in [2.75, 3.05) is 0 Å². The van der Waals surface area contributed by atoms with E-state index in [4.69, 9.17) is 0 Å². The molecule has 0 aliphatic heterocycles. The Morgan fingerprint density at radius 2 is 0.950 bits per heavy atom. The highest BCUT2D eigenvalue weighted by atomic mass is 79.9. The van der Waals surface area contributed by atoms with E-state index in [2.05, 4.69) is 112 Å². The van der Waals surface area contributed by atoms with E-state index in [0.29, 0.717) is 0 Å². The van der Waals surface area contributed by atoms with Crippen molar-refractivity contribution in [2.45, 2.75) is 7.47 Å². The second-order valence-electron chi connectivity index (χ2n) is 4.63. The van der Waals surface area contributed by atoms with Crippen LogP contribution in [0.5, 0.6) is 0 Å². The summed E-state index contributed by atoms with van der Waals surface area (Å²) in [5.41, 5.74) is 2.46. The van der Waals surface area contributed by atoms with Crippen LogP contribution in [0, 0.1) is 0 Å². The monoisotopic (exact) mass is 518 g/mol. The van der Waals surface area contributed by atoms with Crippen molar-refractivity contribution < 1.29 is 0 Å². The lowest BCUT2D eigenvalue weighted by Crippen LogP contribution is -1.85. The summed E-state index contributed by atoms with van der Waals surface area (Å²) in [5.74, 6) is 0. The maximum Gasteiger partial charge on any atom is 0.0946 e. The fourth-order valence-electron chi connectivity index (χ4n) is 2.38. The molecule has 0 amide bonds. The van der Waals surface area contributed by atoms with E-state index in [1.54, 1.807) is 0 Å². The highest BCUT2D eigenvalue weighted by molar-refractivity contribution is 9.24. The van der Waals surface area contributed by atoms with E-state index in [1.165, 1.54) is 32.7 Å². The van der Waals surface area contributed by atoms with Crippen molar-refractivity contribution >= 4 is 85.3 Å². The number of benzene rings is 3. The molecule has 3 aromatic rings. The molecule has 0 aromatic heterocycles. The summed E-state index contributed by atoms with van der Waals surface area (Å²) >= 11 is 14.2. The second-order valence-corrected chi connectivity index (χ2v) is 10.7. The molecule has 0 heterocycles. The average molecular weight is 522 g/mol. The molecule has 102 valence electrons. The van der Waals surface area contributed by atoms with Gasteiger partial charge in [0.1, 0.15) is 0 Å². The number of hydrogen-bond donors (Lipinski definition) is 0. The van der Waals surface area contributed by atoms with Gasteiger partial charge in [0.25, 0.3) is 0 Å². The summed E-state index contributed by atoms with van der Waals surface area (Å²) in [6.45, 7) is 0. The highest BCUT2D eigenvalue weighted by Gasteiger charge is 2.08. The van der Waals surface area contributed by atoms with E-state index < -0.39 is 0 Å². The largest absolute Gasteiger partial charge is 0.0946 e. The zero-order valence-electron chi connectivity index (χ0n) is 10.3. The molecule has 0 radical (unpaired) electrons. The van der Waals surface area contributed by atoms with Gasteiger partial charge in [-0.05, 0) is 44.8 Å². The molecule has 3 aromatic carbocycles. The Bertz CT molecular complexity index is 711. The number of hydrogen-bond acceptors (Lipinski definition) is 0. The molecule has 0 saturated heterocycles. The third-order valence-electron chi connectivity index (χ3n) is 3.39. The molecule has 20 heavy (non-hydrogen) atoms. The first kappa shape index (κ1) is 15.0. The number of rotatable bonds is 2. The van der Waals surface area contributed by atoms with E-state index in [9.17, 15) is 0 Å². The molecule has 0 aliphatic rings. The van der Waals surface area contributed by atoms with Gasteiger partial charge in [-0.2, -0.15) is 0 Å². The third kappa shape index (κ3) is 2.85. The van der Waals surface area contributed by atoms with E-state index in [-0.39, 0.29) is 7.47 Å². The Kier molecular flexibility index (Phi) is 4.56. The molecule has 3 rings (SSSR count). The molecule has 0 saturated carbocycles. The minimum atomic E-state index is 0.194. The number of fused-ring (bicyclic) bond motifs is 3. The topological polar surface area (TPSA) is 0 Å². The minimum absolute atomic E-state index is 0.194. The molecule has 0 spiro atoms. The SMILES string of the molecule is BrC(Br)c1ccc2c(ccc3cc(C(Br)Br)ccc32)c1. The van der Waals surface area contributed by atoms with Crippen LogP contribution in [-0.2, 0) is 0 Å². The minimum Gasteiger partial charge on any atom is -0.0712 e. The van der Waals surface area contributed by atoms with Crippen molar-refractivity contribution in [2.24, 2.45) is 0 Å². The van der Waals surface area contributed by atoms with Crippen LogP contribution in [0.3, 0.4) is 0 Å². The van der Waals surface area contributed by atoms with Crippen molar-refractivity contribution in [3.63, 3.8) is 0 Å². The summed E-state index contributed by atoms with van der Waals surface area (Å²) in [5, 5.41) is 5.11. The van der Waals surface area contributed by atoms with Gasteiger partial charge in [-0.25, -0.2) is 0 Å². The summed E-state index contributed by atoms with van der Waals surface area (Å²) in [6, 6.07) is 17.5. The third-order valence-corrected chi connectivity index (χ3v) is 5.50. The molecular formula is C16H10Br4. The first-order valence-corrected chi connectivity index (χ1v) is 9.75. The molecule has 0 unspecified atom stereocenters. The maximum absolute atomic E-state index is 3.55. The Balaban J connectivity index is 2.25. The van der Waals surface area contributed by atoms with Crippen LogP contribution < -0.4 is 0 Å². The van der Waals surface area contributed by atoms with Crippen LogP contribution in [0.2, 0.25) is 0 Å². The number of alkyl halides is 4. The van der Waals surface area contributed by atoms with Crippen molar-refractivity contribution in [1.29, 1.82) is 0 Å². The van der Waals surface area contributed by atoms with Crippen molar-refractivity contribution in [3.05, 3.63) is 59.7 Å². The average Bonchev–Trinajstić information content (AvgIpc) is 2.45. The summed E-state index contributed by atoms with van der Waals surface area (Å²) in [4.78, 5) is 0. The first-order chi connectivity index (χ1) is 9.56. The molecule has 0 atom stereocenters. The Hall–Kier alpha value is 0.1000. The standard InChI is InChI=1S/C16H10Br4/c17-15(18)11-3-5-13-9(7-11)1-2-10-8-12(16(19)20)4-6-14(10)13/h1-8,15-16H. The van der Waals surface area contributed by atoms with Crippen LogP contribution in [0.1, 0.15) is 18.6 Å². The quantitative estimate of drug-likeness (QED) is 0.241. The Morgan fingerprint density at radius 1 is 0.550 bits per heavy atom. The van der Waals surface area contributed by atoms with Crippen LogP contribution in [0.25, 0.3) is 21.5 Å². The number of halogens is 4. The molecule has 0 aliphatic carbocycles. The molecule has 0 nitrogen and oxygen atoms in total. The highest BCUT2D eigenvalue weighted by Crippen LogP contribution is 2.35. The zero-order chi connectivity index (χ0) is 14.3. The van der Waals surface area contributed by atoms with E-state index >= 15 is 0 Å². The van der Waals surface area contributed by atoms with Crippen molar-refractivity contribution in [1.82, 2.24) is 0 Å². The molecule has 4 heteroatoms. The fraction of sp³-hybridized carbons (Fsp3) is 0.125. The summed E-state index contributed by atoms with van der Waals surface area (Å²) in [6.07, 6.45) is 0. The first-order valence-electron chi connectivity index (χ1n) is 6.09. The smallest absolute Gasteiger partial charge is 0.0712 e. The summed E-state index contributed by atoms with van der Waals surface area (Å²) < 4.78 is 0.389. The van der Waals surface area contributed by atoms with Gasteiger partial charge in [0.05, 0.1) is 7.47 Å². The van der Waals surface area contributed by atoms with Crippen LogP contribution in [0.15, 0.2) is 48.5 Å². The van der Waals surface area contributed by atoms with Crippen LogP contribution in [-0.4, -0.2) is 0 Å². The molecule has 0 fully saturated rings. The predicted molar refractivity (Wildman–Crippen MR) is 103 cm³/mol. The van der Waals surface area contributed by atoms with E-state index in [1.807, 2.05) is 0 Å². The van der Waals surface area contributed by atoms with Gasteiger partial charge in [0, 0.05) is 0 Å². The molecule has 0 bridgehead atoms. The fourth-order valence-corrected chi connectivity index (χ4v) is 3.52. The zero-order valence-corrected chi connectivity index (χ0v) is 16.6. The van der Waals surface area contributed by atoms with Crippen LogP contribution in [0.4, 0.5) is 0 Å². The predicted octanol–water partition coefficient (Wildman–Crippen LogP) is 7.57. The van der Waals surface area contributed by atoms with Crippen LogP contribution >= 0.6 is 63.7 Å². The normalized spacial score (nSPS) is 11.9.